The van der Waals surface area contributed by atoms with Crippen LogP contribution in [0.1, 0.15) is 6.42 Å². The molecule has 5 heteroatoms. The molecule has 60 valence electrons. The Morgan fingerprint density at radius 1 is 1.70 bits per heavy atom. The standard InChI is InChI=1S/C5H9F2NO2/c6-2-1-3(7)4(8)5(9)10/h3-4H,1-2,8H2,(H,9,10). The summed E-state index contributed by atoms with van der Waals surface area (Å²) in [5, 5.41) is 8.09. The van der Waals surface area contributed by atoms with Crippen LogP contribution in [0.15, 0.2) is 0 Å². The van der Waals surface area contributed by atoms with Gasteiger partial charge < -0.3 is 10.8 Å². The summed E-state index contributed by atoms with van der Waals surface area (Å²) in [4.78, 5) is 9.93. The Kier molecular flexibility index (Phi) is 3.87. The van der Waals surface area contributed by atoms with Crippen LogP contribution in [0, 0.1) is 0 Å². The first kappa shape index (κ1) is 9.29. The van der Waals surface area contributed by atoms with E-state index in [1.165, 1.54) is 0 Å². The van der Waals surface area contributed by atoms with Crippen LogP contribution in [0.4, 0.5) is 8.78 Å². The second-order valence-corrected chi connectivity index (χ2v) is 1.86. The molecular weight excluding hydrogens is 144 g/mol. The minimum absolute atomic E-state index is 0.451. The van der Waals surface area contributed by atoms with Crippen LogP contribution < -0.4 is 5.73 Å². The maximum atomic E-state index is 12.3. The van der Waals surface area contributed by atoms with Gasteiger partial charge in [0, 0.05) is 6.42 Å². The second-order valence-electron chi connectivity index (χ2n) is 1.86. The molecule has 2 unspecified atom stereocenters. The van der Waals surface area contributed by atoms with Crippen molar-refractivity contribution >= 4 is 5.97 Å². The minimum Gasteiger partial charge on any atom is -0.480 e. The van der Waals surface area contributed by atoms with Crippen LogP contribution in [0.2, 0.25) is 0 Å². The molecule has 0 heterocycles. The van der Waals surface area contributed by atoms with Gasteiger partial charge in [0.2, 0.25) is 0 Å². The van der Waals surface area contributed by atoms with Gasteiger partial charge in [-0.25, -0.2) is 4.39 Å². The summed E-state index contributed by atoms with van der Waals surface area (Å²) in [5.74, 6) is -1.44. The van der Waals surface area contributed by atoms with Gasteiger partial charge in [-0.3, -0.25) is 9.18 Å². The van der Waals surface area contributed by atoms with E-state index in [0.717, 1.165) is 0 Å². The molecule has 0 amide bonds. The van der Waals surface area contributed by atoms with E-state index >= 15 is 0 Å². The molecule has 0 aromatic rings. The van der Waals surface area contributed by atoms with Crippen LogP contribution in [-0.4, -0.2) is 30.0 Å². The molecule has 0 aliphatic heterocycles. The maximum Gasteiger partial charge on any atom is 0.323 e. The van der Waals surface area contributed by atoms with Crippen molar-refractivity contribution in [3.63, 3.8) is 0 Å². The third kappa shape index (κ3) is 2.72. The van der Waals surface area contributed by atoms with Gasteiger partial charge in [-0.1, -0.05) is 0 Å². The van der Waals surface area contributed by atoms with E-state index in [1.807, 2.05) is 0 Å². The summed E-state index contributed by atoms with van der Waals surface area (Å²) in [7, 11) is 0. The first-order valence-corrected chi connectivity index (χ1v) is 2.78. The number of carboxylic acids is 1. The number of nitrogens with two attached hydrogens (primary N) is 1. The predicted molar refractivity (Wildman–Crippen MR) is 31.1 cm³/mol. The molecule has 3 nitrogen and oxygen atoms in total. The van der Waals surface area contributed by atoms with Crippen molar-refractivity contribution in [2.75, 3.05) is 6.67 Å². The maximum absolute atomic E-state index is 12.3. The second kappa shape index (κ2) is 4.16. The van der Waals surface area contributed by atoms with E-state index in [-0.39, 0.29) is 0 Å². The van der Waals surface area contributed by atoms with Gasteiger partial charge in [0.15, 0.2) is 0 Å². The lowest BCUT2D eigenvalue weighted by Crippen LogP contribution is -2.39. The SMILES string of the molecule is NC(C(=O)O)C(F)CCF. The average Bonchev–Trinajstić information content (AvgIpc) is 1.87. The Hall–Kier alpha value is -0.710. The predicted octanol–water partition coefficient (Wildman–Crippen LogP) is 0.0960. The van der Waals surface area contributed by atoms with E-state index in [2.05, 4.69) is 0 Å². The Morgan fingerprint density at radius 3 is 2.50 bits per heavy atom. The van der Waals surface area contributed by atoms with E-state index in [1.54, 1.807) is 0 Å². The van der Waals surface area contributed by atoms with Gasteiger partial charge in [0.25, 0.3) is 0 Å². The molecule has 2 atom stereocenters. The number of aliphatic carboxylic acids is 1. The minimum atomic E-state index is -1.79. The molecule has 0 rings (SSSR count). The quantitative estimate of drug-likeness (QED) is 0.601. The Bertz CT molecular complexity index is 120. The molecule has 0 aromatic heterocycles. The number of rotatable bonds is 4. The summed E-state index contributed by atoms with van der Waals surface area (Å²) < 4.78 is 23.7. The molecule has 0 aliphatic rings. The Morgan fingerprint density at radius 2 is 2.20 bits per heavy atom. The summed E-state index contributed by atoms with van der Waals surface area (Å²) in [6, 6.07) is -1.60. The zero-order valence-electron chi connectivity index (χ0n) is 5.26. The average molecular weight is 153 g/mol. The van der Waals surface area contributed by atoms with Crippen molar-refractivity contribution < 1.29 is 18.7 Å². The Balaban J connectivity index is 3.69. The molecule has 0 fully saturated rings. The van der Waals surface area contributed by atoms with Crippen molar-refractivity contribution in [3.8, 4) is 0 Å². The van der Waals surface area contributed by atoms with Crippen molar-refractivity contribution in [1.29, 1.82) is 0 Å². The number of hydrogen-bond acceptors (Lipinski definition) is 2. The third-order valence-corrected chi connectivity index (χ3v) is 1.06. The van der Waals surface area contributed by atoms with Gasteiger partial charge >= 0.3 is 5.97 Å². The van der Waals surface area contributed by atoms with Crippen molar-refractivity contribution in [1.82, 2.24) is 0 Å². The van der Waals surface area contributed by atoms with Crippen LogP contribution in [-0.2, 0) is 4.79 Å². The van der Waals surface area contributed by atoms with Gasteiger partial charge in [-0.15, -0.1) is 0 Å². The number of carboxylic acid groups (broad SMARTS) is 1. The van der Waals surface area contributed by atoms with Gasteiger partial charge in [-0.05, 0) is 0 Å². The summed E-state index contributed by atoms with van der Waals surface area (Å²) in [5.41, 5.74) is 4.80. The first-order valence-electron chi connectivity index (χ1n) is 2.78. The molecule has 0 saturated carbocycles. The van der Waals surface area contributed by atoms with Gasteiger partial charge in [-0.2, -0.15) is 0 Å². The number of alkyl halides is 2. The fourth-order valence-corrected chi connectivity index (χ4v) is 0.438. The number of hydrogen-bond donors (Lipinski definition) is 2. The van der Waals surface area contributed by atoms with Gasteiger partial charge in [0.1, 0.15) is 12.2 Å². The third-order valence-electron chi connectivity index (χ3n) is 1.06. The largest absolute Gasteiger partial charge is 0.480 e. The highest BCUT2D eigenvalue weighted by Crippen LogP contribution is 2.02. The lowest BCUT2D eigenvalue weighted by atomic mass is 10.1. The summed E-state index contributed by atoms with van der Waals surface area (Å²) in [6.07, 6.45) is -2.24. The lowest BCUT2D eigenvalue weighted by Gasteiger charge is -2.09. The van der Waals surface area contributed by atoms with Gasteiger partial charge in [0.05, 0.1) is 6.67 Å². The van der Waals surface area contributed by atoms with E-state index in [0.29, 0.717) is 0 Å². The van der Waals surface area contributed by atoms with Crippen molar-refractivity contribution in [2.45, 2.75) is 18.6 Å². The monoisotopic (exact) mass is 153 g/mol. The van der Waals surface area contributed by atoms with E-state index in [9.17, 15) is 13.6 Å². The van der Waals surface area contributed by atoms with Crippen molar-refractivity contribution in [2.24, 2.45) is 5.73 Å². The zero-order valence-corrected chi connectivity index (χ0v) is 5.26. The molecule has 0 saturated heterocycles. The molecule has 0 radical (unpaired) electrons. The van der Waals surface area contributed by atoms with Crippen LogP contribution in [0.5, 0.6) is 0 Å². The molecule has 0 spiro atoms. The zero-order chi connectivity index (χ0) is 8.15. The highest BCUT2D eigenvalue weighted by atomic mass is 19.1. The Labute approximate surface area is 56.8 Å². The lowest BCUT2D eigenvalue weighted by molar-refractivity contribution is -0.140. The molecule has 10 heavy (non-hydrogen) atoms. The highest BCUT2D eigenvalue weighted by Gasteiger charge is 2.22. The fourth-order valence-electron chi connectivity index (χ4n) is 0.438. The molecule has 0 bridgehead atoms. The number of carbonyl (C=O) groups is 1. The van der Waals surface area contributed by atoms with Crippen LogP contribution >= 0.6 is 0 Å². The highest BCUT2D eigenvalue weighted by molar-refractivity contribution is 5.73. The smallest absolute Gasteiger partial charge is 0.323 e. The molecule has 0 aromatic carbocycles. The normalized spacial score (nSPS) is 16.3. The van der Waals surface area contributed by atoms with Crippen LogP contribution in [0.3, 0.4) is 0 Å². The summed E-state index contributed by atoms with van der Waals surface area (Å²) >= 11 is 0. The topological polar surface area (TPSA) is 63.3 Å². The van der Waals surface area contributed by atoms with Crippen molar-refractivity contribution in [3.05, 3.63) is 0 Å². The van der Waals surface area contributed by atoms with E-state index < -0.39 is 31.3 Å². The van der Waals surface area contributed by atoms with E-state index in [4.69, 9.17) is 10.8 Å². The molecule has 3 N–H and O–H groups in total. The first-order chi connectivity index (χ1) is 4.59. The summed E-state index contributed by atoms with van der Waals surface area (Å²) in [6.45, 7) is -0.887. The number of halogens is 2. The van der Waals surface area contributed by atoms with Crippen LogP contribution in [0.25, 0.3) is 0 Å². The fraction of sp³-hybridized carbons (Fsp3) is 0.800. The molecular formula is C5H9F2NO2. The molecule has 0 aliphatic carbocycles.